The van der Waals surface area contributed by atoms with Crippen LogP contribution in [0.25, 0.3) is 22.4 Å². The molecule has 112 valence electrons. The number of methoxy groups -OCH3 is 1. The number of nitrogens with zero attached hydrogens (tertiary/aromatic N) is 2. The molecule has 4 heteroatoms. The van der Waals surface area contributed by atoms with Gasteiger partial charge in [-0.2, -0.15) is 5.26 Å². The predicted molar refractivity (Wildman–Crippen MR) is 94.1 cm³/mol. The monoisotopic (exact) mass is 364 g/mol. The van der Waals surface area contributed by atoms with Crippen LogP contribution in [0.3, 0.4) is 0 Å². The highest BCUT2D eigenvalue weighted by molar-refractivity contribution is 9.10. The largest absolute Gasteiger partial charge is 0.497 e. The first-order chi connectivity index (χ1) is 11.2. The van der Waals surface area contributed by atoms with Gasteiger partial charge in [-0.1, -0.05) is 30.3 Å². The predicted octanol–water partition coefficient (Wildman–Crippen LogP) is 5.06. The lowest BCUT2D eigenvalue weighted by molar-refractivity contribution is 0.415. The molecular formula is C19H13BrN2O. The zero-order valence-electron chi connectivity index (χ0n) is 12.5. The molecule has 0 radical (unpaired) electrons. The van der Waals surface area contributed by atoms with E-state index in [-0.39, 0.29) is 0 Å². The van der Waals surface area contributed by atoms with Crippen LogP contribution in [-0.2, 0) is 0 Å². The van der Waals surface area contributed by atoms with Gasteiger partial charge in [-0.25, -0.2) is 4.98 Å². The van der Waals surface area contributed by atoms with Crippen molar-refractivity contribution in [3.05, 3.63) is 70.8 Å². The molecule has 0 amide bonds. The van der Waals surface area contributed by atoms with Crippen LogP contribution in [0.1, 0.15) is 5.56 Å². The smallest absolute Gasteiger partial charge is 0.125 e. The zero-order chi connectivity index (χ0) is 16.2. The average Bonchev–Trinajstić information content (AvgIpc) is 2.62. The van der Waals surface area contributed by atoms with Crippen molar-refractivity contribution in [2.45, 2.75) is 0 Å². The molecule has 0 atom stereocenters. The Morgan fingerprint density at radius 1 is 1.00 bits per heavy atom. The number of hydrogen-bond donors (Lipinski definition) is 0. The molecular weight excluding hydrogens is 352 g/mol. The highest BCUT2D eigenvalue weighted by Crippen LogP contribution is 2.32. The van der Waals surface area contributed by atoms with Crippen LogP contribution in [0, 0.1) is 11.3 Å². The van der Waals surface area contributed by atoms with Gasteiger partial charge in [-0.3, -0.25) is 0 Å². The molecule has 0 aliphatic carbocycles. The standard InChI is InChI=1S/C19H13BrN2O/c1-23-15-9-7-14(8-10-15)18-11-16(13-5-3-2-4-6-13)17(12-21)19(20)22-18/h2-11H,1H3. The second-order valence-corrected chi connectivity index (χ2v) is 5.68. The van der Waals surface area contributed by atoms with Crippen molar-refractivity contribution < 1.29 is 4.74 Å². The summed E-state index contributed by atoms with van der Waals surface area (Å²) < 4.78 is 5.73. The van der Waals surface area contributed by atoms with E-state index in [2.05, 4.69) is 27.0 Å². The molecule has 23 heavy (non-hydrogen) atoms. The normalized spacial score (nSPS) is 10.1. The van der Waals surface area contributed by atoms with Gasteiger partial charge in [0.05, 0.1) is 18.4 Å². The quantitative estimate of drug-likeness (QED) is 0.610. The SMILES string of the molecule is COc1ccc(-c2cc(-c3ccccc3)c(C#N)c(Br)n2)cc1. The number of benzene rings is 2. The number of halogens is 1. The number of pyridine rings is 1. The zero-order valence-corrected chi connectivity index (χ0v) is 14.0. The van der Waals surface area contributed by atoms with E-state index in [9.17, 15) is 5.26 Å². The molecule has 0 bridgehead atoms. The lowest BCUT2D eigenvalue weighted by Gasteiger charge is -2.10. The second-order valence-electron chi connectivity index (χ2n) is 4.93. The Hall–Kier alpha value is -2.64. The number of hydrogen-bond acceptors (Lipinski definition) is 3. The maximum atomic E-state index is 9.45. The van der Waals surface area contributed by atoms with Crippen molar-refractivity contribution >= 4 is 15.9 Å². The van der Waals surface area contributed by atoms with E-state index < -0.39 is 0 Å². The molecule has 0 saturated heterocycles. The molecule has 1 aromatic heterocycles. The molecule has 0 saturated carbocycles. The fraction of sp³-hybridized carbons (Fsp3) is 0.0526. The second kappa shape index (κ2) is 6.64. The summed E-state index contributed by atoms with van der Waals surface area (Å²) in [5.41, 5.74) is 4.15. The molecule has 0 spiro atoms. The summed E-state index contributed by atoms with van der Waals surface area (Å²) in [6.07, 6.45) is 0. The van der Waals surface area contributed by atoms with Crippen molar-refractivity contribution in [3.63, 3.8) is 0 Å². The van der Waals surface area contributed by atoms with Gasteiger partial charge in [-0.15, -0.1) is 0 Å². The number of ether oxygens (including phenoxy) is 1. The first-order valence-corrected chi connectivity index (χ1v) is 7.82. The van der Waals surface area contributed by atoms with E-state index in [0.717, 1.165) is 28.1 Å². The lowest BCUT2D eigenvalue weighted by atomic mass is 9.99. The molecule has 3 nitrogen and oxygen atoms in total. The summed E-state index contributed by atoms with van der Waals surface area (Å²) in [6, 6.07) is 21.7. The molecule has 0 N–H and O–H groups in total. The molecule has 3 aromatic rings. The highest BCUT2D eigenvalue weighted by Gasteiger charge is 2.13. The Kier molecular flexibility index (Phi) is 4.40. The Morgan fingerprint density at radius 3 is 2.30 bits per heavy atom. The van der Waals surface area contributed by atoms with E-state index >= 15 is 0 Å². The van der Waals surface area contributed by atoms with Gasteiger partial charge < -0.3 is 4.74 Å². The van der Waals surface area contributed by atoms with Crippen molar-refractivity contribution in [3.8, 4) is 34.2 Å². The lowest BCUT2D eigenvalue weighted by Crippen LogP contribution is -1.93. The highest BCUT2D eigenvalue weighted by atomic mass is 79.9. The third-order valence-corrected chi connectivity index (χ3v) is 4.13. The summed E-state index contributed by atoms with van der Waals surface area (Å²) in [4.78, 5) is 4.51. The van der Waals surface area contributed by atoms with Crippen LogP contribution in [-0.4, -0.2) is 12.1 Å². The van der Waals surface area contributed by atoms with Gasteiger partial charge in [0.25, 0.3) is 0 Å². The summed E-state index contributed by atoms with van der Waals surface area (Å²) in [7, 11) is 1.64. The minimum absolute atomic E-state index is 0.536. The van der Waals surface area contributed by atoms with E-state index in [1.54, 1.807) is 7.11 Å². The third kappa shape index (κ3) is 3.10. The van der Waals surface area contributed by atoms with Crippen LogP contribution < -0.4 is 4.74 Å². The molecule has 0 aliphatic heterocycles. The summed E-state index contributed by atoms with van der Waals surface area (Å²) in [6.45, 7) is 0. The van der Waals surface area contributed by atoms with Gasteiger partial charge in [0.2, 0.25) is 0 Å². The number of aromatic nitrogens is 1. The summed E-state index contributed by atoms with van der Waals surface area (Å²) >= 11 is 3.42. The van der Waals surface area contributed by atoms with Gasteiger partial charge in [0.15, 0.2) is 0 Å². The third-order valence-electron chi connectivity index (χ3n) is 3.56. The Labute approximate surface area is 143 Å². The Bertz CT molecular complexity index is 868. The number of nitriles is 1. The van der Waals surface area contributed by atoms with Crippen LogP contribution in [0.5, 0.6) is 5.75 Å². The average molecular weight is 365 g/mol. The maximum absolute atomic E-state index is 9.45. The van der Waals surface area contributed by atoms with Crippen LogP contribution >= 0.6 is 15.9 Å². The first-order valence-electron chi connectivity index (χ1n) is 7.03. The Balaban J connectivity index is 2.16. The minimum atomic E-state index is 0.536. The van der Waals surface area contributed by atoms with Crippen LogP contribution in [0.15, 0.2) is 65.3 Å². The fourth-order valence-corrected chi connectivity index (χ4v) is 2.87. The van der Waals surface area contributed by atoms with Crippen LogP contribution in [0.2, 0.25) is 0 Å². The van der Waals surface area contributed by atoms with E-state index in [1.165, 1.54) is 0 Å². The Morgan fingerprint density at radius 2 is 1.70 bits per heavy atom. The van der Waals surface area contributed by atoms with Crippen molar-refractivity contribution in [2.75, 3.05) is 7.11 Å². The number of rotatable bonds is 3. The molecule has 0 aliphatic rings. The van der Waals surface area contributed by atoms with Crippen molar-refractivity contribution in [1.82, 2.24) is 4.98 Å². The molecule has 0 fully saturated rings. The molecule has 2 aromatic carbocycles. The van der Waals surface area contributed by atoms with Gasteiger partial charge in [0, 0.05) is 11.1 Å². The van der Waals surface area contributed by atoms with E-state index in [4.69, 9.17) is 4.74 Å². The minimum Gasteiger partial charge on any atom is -0.497 e. The summed E-state index contributed by atoms with van der Waals surface area (Å²) in [5, 5.41) is 9.45. The van der Waals surface area contributed by atoms with Crippen molar-refractivity contribution in [2.24, 2.45) is 0 Å². The van der Waals surface area contributed by atoms with Gasteiger partial charge in [0.1, 0.15) is 16.4 Å². The topological polar surface area (TPSA) is 45.9 Å². The van der Waals surface area contributed by atoms with Crippen molar-refractivity contribution in [1.29, 1.82) is 5.26 Å². The summed E-state index contributed by atoms with van der Waals surface area (Å²) in [5.74, 6) is 0.796. The van der Waals surface area contributed by atoms with E-state index in [1.807, 2.05) is 60.7 Å². The molecule has 3 rings (SSSR count). The maximum Gasteiger partial charge on any atom is 0.125 e. The fourth-order valence-electron chi connectivity index (χ4n) is 2.38. The molecule has 0 unspecified atom stereocenters. The first kappa shape index (κ1) is 15.3. The van der Waals surface area contributed by atoms with Gasteiger partial charge >= 0.3 is 0 Å². The van der Waals surface area contributed by atoms with E-state index in [0.29, 0.717) is 10.2 Å². The van der Waals surface area contributed by atoms with Crippen LogP contribution in [0.4, 0.5) is 0 Å². The van der Waals surface area contributed by atoms with Gasteiger partial charge in [-0.05, 0) is 51.8 Å². The molecule has 1 heterocycles.